The molecule has 0 fully saturated rings. The van der Waals surface area contributed by atoms with E-state index in [4.69, 9.17) is 13.9 Å². The van der Waals surface area contributed by atoms with Crippen LogP contribution in [0.1, 0.15) is 38.0 Å². The van der Waals surface area contributed by atoms with Crippen molar-refractivity contribution in [3.63, 3.8) is 0 Å². The highest BCUT2D eigenvalue weighted by Crippen LogP contribution is 2.14. The first-order valence-electron chi connectivity index (χ1n) is 5.63. The molecule has 2 heterocycles. The molecular formula is C13H13NO5. The molecule has 19 heavy (non-hydrogen) atoms. The number of aromatic carboxylic acids is 1. The van der Waals surface area contributed by atoms with Crippen molar-refractivity contribution in [2.75, 3.05) is 0 Å². The van der Waals surface area contributed by atoms with Crippen molar-refractivity contribution in [1.29, 1.82) is 0 Å². The van der Waals surface area contributed by atoms with E-state index in [1.807, 2.05) is 0 Å². The maximum atomic E-state index is 11.7. The van der Waals surface area contributed by atoms with Crippen LogP contribution in [-0.2, 0) is 6.54 Å². The second-order valence-electron chi connectivity index (χ2n) is 4.12. The largest absolute Gasteiger partial charge is 0.478 e. The van der Waals surface area contributed by atoms with Crippen LogP contribution >= 0.6 is 0 Å². The Kier molecular flexibility index (Phi) is 3.41. The lowest BCUT2D eigenvalue weighted by molar-refractivity contribution is 0.0694. The van der Waals surface area contributed by atoms with Crippen LogP contribution in [0.15, 0.2) is 27.2 Å². The van der Waals surface area contributed by atoms with Gasteiger partial charge >= 0.3 is 5.97 Å². The zero-order valence-corrected chi connectivity index (χ0v) is 10.5. The summed E-state index contributed by atoms with van der Waals surface area (Å²) in [6.07, 6.45) is 1.36. The van der Waals surface area contributed by atoms with Gasteiger partial charge in [0.15, 0.2) is 0 Å². The molecule has 2 rings (SSSR count). The smallest absolute Gasteiger partial charge is 0.339 e. The second kappa shape index (κ2) is 5.01. The fourth-order valence-corrected chi connectivity index (χ4v) is 1.68. The molecule has 2 aromatic heterocycles. The maximum absolute atomic E-state index is 11.7. The third-order valence-electron chi connectivity index (χ3n) is 2.62. The zero-order chi connectivity index (χ0) is 14.0. The first kappa shape index (κ1) is 12.9. The van der Waals surface area contributed by atoms with Crippen molar-refractivity contribution in [1.82, 2.24) is 5.32 Å². The van der Waals surface area contributed by atoms with Crippen LogP contribution in [0.4, 0.5) is 0 Å². The third kappa shape index (κ3) is 2.85. The Labute approximate surface area is 109 Å². The van der Waals surface area contributed by atoms with Gasteiger partial charge in [0, 0.05) is 0 Å². The summed E-state index contributed by atoms with van der Waals surface area (Å²) in [6.45, 7) is 3.43. The van der Waals surface area contributed by atoms with Gasteiger partial charge < -0.3 is 19.3 Å². The first-order valence-corrected chi connectivity index (χ1v) is 5.63. The Bertz CT molecular complexity index is 623. The molecule has 2 aromatic rings. The van der Waals surface area contributed by atoms with E-state index in [2.05, 4.69) is 5.32 Å². The predicted molar refractivity (Wildman–Crippen MR) is 65.0 cm³/mol. The molecule has 6 heteroatoms. The monoisotopic (exact) mass is 263 g/mol. The minimum atomic E-state index is -1.05. The van der Waals surface area contributed by atoms with Crippen LogP contribution in [0.3, 0.4) is 0 Å². The fourth-order valence-electron chi connectivity index (χ4n) is 1.68. The molecular weight excluding hydrogens is 250 g/mol. The second-order valence-corrected chi connectivity index (χ2v) is 4.12. The third-order valence-corrected chi connectivity index (χ3v) is 2.62. The van der Waals surface area contributed by atoms with Gasteiger partial charge in [0.1, 0.15) is 29.1 Å². The van der Waals surface area contributed by atoms with Crippen molar-refractivity contribution >= 4 is 11.9 Å². The number of carboxylic acids is 1. The van der Waals surface area contributed by atoms with Crippen LogP contribution in [0.25, 0.3) is 0 Å². The molecule has 0 saturated carbocycles. The van der Waals surface area contributed by atoms with E-state index in [0.29, 0.717) is 22.8 Å². The number of rotatable bonds is 4. The van der Waals surface area contributed by atoms with Gasteiger partial charge in [-0.3, -0.25) is 4.79 Å². The van der Waals surface area contributed by atoms with E-state index < -0.39 is 5.97 Å². The standard InChI is InChI=1S/C13H13NO5/c1-7-3-9(6-18-7)12(15)14-5-10-4-11(13(16)17)8(2)19-10/h3-4,6H,5H2,1-2H3,(H,14,15)(H,16,17). The molecule has 1 amide bonds. The maximum Gasteiger partial charge on any atom is 0.339 e. The van der Waals surface area contributed by atoms with E-state index >= 15 is 0 Å². The number of amides is 1. The van der Waals surface area contributed by atoms with Crippen LogP contribution in [0, 0.1) is 13.8 Å². The Balaban J connectivity index is 2.01. The van der Waals surface area contributed by atoms with Crippen LogP contribution in [0.5, 0.6) is 0 Å². The van der Waals surface area contributed by atoms with E-state index in [1.165, 1.54) is 12.3 Å². The van der Waals surface area contributed by atoms with E-state index in [0.717, 1.165) is 0 Å². The number of carbonyl (C=O) groups excluding carboxylic acids is 1. The summed E-state index contributed by atoms with van der Waals surface area (Å²) in [5.41, 5.74) is 0.516. The molecule has 0 atom stereocenters. The van der Waals surface area contributed by atoms with Crippen molar-refractivity contribution in [3.8, 4) is 0 Å². The molecule has 6 nitrogen and oxygen atoms in total. The Morgan fingerprint density at radius 1 is 1.32 bits per heavy atom. The summed E-state index contributed by atoms with van der Waals surface area (Å²) in [4.78, 5) is 22.6. The molecule has 0 unspecified atom stereocenters. The van der Waals surface area contributed by atoms with Gasteiger partial charge in [-0.1, -0.05) is 0 Å². The lowest BCUT2D eigenvalue weighted by atomic mass is 10.2. The number of furan rings is 2. The van der Waals surface area contributed by atoms with Crippen molar-refractivity contribution in [3.05, 3.63) is 46.8 Å². The molecule has 0 aliphatic carbocycles. The molecule has 0 aliphatic rings. The first-order chi connectivity index (χ1) is 8.97. The van der Waals surface area contributed by atoms with Crippen LogP contribution < -0.4 is 5.32 Å². The Morgan fingerprint density at radius 3 is 2.58 bits per heavy atom. The highest BCUT2D eigenvalue weighted by Gasteiger charge is 2.15. The number of carbonyl (C=O) groups is 2. The van der Waals surface area contributed by atoms with Gasteiger partial charge in [-0.2, -0.15) is 0 Å². The highest BCUT2D eigenvalue weighted by molar-refractivity contribution is 5.94. The number of hydrogen-bond acceptors (Lipinski definition) is 4. The zero-order valence-electron chi connectivity index (χ0n) is 10.5. The Morgan fingerprint density at radius 2 is 2.05 bits per heavy atom. The van der Waals surface area contributed by atoms with E-state index in [9.17, 15) is 9.59 Å². The quantitative estimate of drug-likeness (QED) is 0.881. The lowest BCUT2D eigenvalue weighted by Gasteiger charge is -1.99. The molecule has 2 N–H and O–H groups in total. The van der Waals surface area contributed by atoms with Gasteiger partial charge in [0.05, 0.1) is 12.1 Å². The summed E-state index contributed by atoms with van der Waals surface area (Å²) in [7, 11) is 0. The van der Waals surface area contributed by atoms with Gasteiger partial charge in [0.2, 0.25) is 0 Å². The predicted octanol–water partition coefficient (Wildman–Crippen LogP) is 2.12. The molecule has 100 valence electrons. The van der Waals surface area contributed by atoms with Gasteiger partial charge in [0.25, 0.3) is 5.91 Å². The normalized spacial score (nSPS) is 10.4. The van der Waals surface area contributed by atoms with E-state index in [1.54, 1.807) is 19.9 Å². The highest BCUT2D eigenvalue weighted by atomic mass is 16.4. The van der Waals surface area contributed by atoms with E-state index in [-0.39, 0.29) is 18.0 Å². The van der Waals surface area contributed by atoms with Gasteiger partial charge in [-0.05, 0) is 26.0 Å². The number of hydrogen-bond donors (Lipinski definition) is 2. The summed E-state index contributed by atoms with van der Waals surface area (Å²) in [5.74, 6) is -0.00130. The SMILES string of the molecule is Cc1cc(C(=O)NCc2cc(C(=O)O)c(C)o2)co1. The summed E-state index contributed by atoms with van der Waals surface area (Å²) >= 11 is 0. The van der Waals surface area contributed by atoms with Crippen molar-refractivity contribution in [2.24, 2.45) is 0 Å². The fraction of sp³-hybridized carbons (Fsp3) is 0.231. The average Bonchev–Trinajstić information content (AvgIpc) is 2.92. The molecule has 0 aliphatic heterocycles. The number of aryl methyl sites for hydroxylation is 2. The number of nitrogens with one attached hydrogen (secondary N) is 1. The minimum absolute atomic E-state index is 0.100. The van der Waals surface area contributed by atoms with Crippen molar-refractivity contribution < 1.29 is 23.5 Å². The molecule has 0 bridgehead atoms. The Hall–Kier alpha value is -2.50. The topological polar surface area (TPSA) is 92.7 Å². The van der Waals surface area contributed by atoms with Gasteiger partial charge in [-0.15, -0.1) is 0 Å². The minimum Gasteiger partial charge on any atom is -0.478 e. The summed E-state index contributed by atoms with van der Waals surface area (Å²) in [5, 5.41) is 11.5. The van der Waals surface area contributed by atoms with Crippen LogP contribution in [0.2, 0.25) is 0 Å². The summed E-state index contributed by atoms with van der Waals surface area (Å²) < 4.78 is 10.3. The molecule has 0 aromatic carbocycles. The average molecular weight is 263 g/mol. The molecule has 0 saturated heterocycles. The lowest BCUT2D eigenvalue weighted by Crippen LogP contribution is -2.21. The van der Waals surface area contributed by atoms with Crippen LogP contribution in [-0.4, -0.2) is 17.0 Å². The summed E-state index contributed by atoms with van der Waals surface area (Å²) in [6, 6.07) is 3.02. The van der Waals surface area contributed by atoms with Crippen molar-refractivity contribution in [2.45, 2.75) is 20.4 Å². The number of carboxylic acid groups (broad SMARTS) is 1. The van der Waals surface area contributed by atoms with Gasteiger partial charge in [-0.25, -0.2) is 4.79 Å². The molecule has 0 spiro atoms. The molecule has 0 radical (unpaired) electrons.